The number of hydrogen-bond donors (Lipinski definition) is 2. The summed E-state index contributed by atoms with van der Waals surface area (Å²) in [5, 5.41) is 5.70. The van der Waals surface area contributed by atoms with E-state index in [0.717, 1.165) is 19.3 Å². The number of methoxy groups -OCH3 is 2. The Kier molecular flexibility index (Phi) is 7.79. The maximum absolute atomic E-state index is 11.6. The lowest BCUT2D eigenvalue weighted by atomic mass is 10.1. The van der Waals surface area contributed by atoms with E-state index < -0.39 is 0 Å². The molecule has 0 unspecified atom stereocenters. The minimum Gasteiger partial charge on any atom is -0.491 e. The van der Waals surface area contributed by atoms with Crippen LogP contribution in [-0.2, 0) is 14.3 Å². The lowest BCUT2D eigenvalue weighted by molar-refractivity contribution is -0.140. The van der Waals surface area contributed by atoms with Gasteiger partial charge in [0.25, 0.3) is 0 Å². The number of nitrogens with one attached hydrogen (secondary N) is 2. The molecule has 2 N–H and O–H groups in total. The van der Waals surface area contributed by atoms with Crippen LogP contribution >= 0.6 is 0 Å². The predicted molar refractivity (Wildman–Crippen MR) is 86.5 cm³/mol. The number of hydrogen-bond acceptors (Lipinski definition) is 7. The zero-order chi connectivity index (χ0) is 17.2. The van der Waals surface area contributed by atoms with Crippen molar-refractivity contribution in [1.82, 2.24) is 9.97 Å². The molecular weight excluding hydrogens is 300 g/mol. The first kappa shape index (κ1) is 18.7. The molecule has 0 radical (unpaired) electrons. The molecule has 0 aliphatic rings. The van der Waals surface area contributed by atoms with Crippen LogP contribution in [0, 0.1) is 0 Å². The first-order chi connectivity index (χ1) is 11.0. The van der Waals surface area contributed by atoms with E-state index in [1.807, 2.05) is 0 Å². The molecule has 128 valence electrons. The van der Waals surface area contributed by atoms with Crippen molar-refractivity contribution in [1.29, 1.82) is 0 Å². The van der Waals surface area contributed by atoms with Gasteiger partial charge in [-0.05, 0) is 6.42 Å². The molecule has 0 bridgehead atoms. The molecule has 1 aromatic heterocycles. The highest BCUT2D eigenvalue weighted by molar-refractivity contribution is 5.86. The normalized spacial score (nSPS) is 11.5. The number of nitrogens with zero attached hydrogens (tertiary/aromatic N) is 2. The average Bonchev–Trinajstić information content (AvgIpc) is 2.52. The van der Waals surface area contributed by atoms with Crippen molar-refractivity contribution in [3.05, 3.63) is 6.20 Å². The van der Waals surface area contributed by atoms with Gasteiger partial charge >= 0.3 is 5.97 Å². The van der Waals surface area contributed by atoms with E-state index in [4.69, 9.17) is 9.47 Å². The summed E-state index contributed by atoms with van der Waals surface area (Å²) in [5.74, 6) is 0.474. The van der Waals surface area contributed by atoms with Crippen LogP contribution in [0.15, 0.2) is 6.20 Å². The Morgan fingerprint density at radius 2 is 2.09 bits per heavy atom. The summed E-state index contributed by atoms with van der Waals surface area (Å²) in [4.78, 5) is 30.9. The molecular formula is C15H24N4O4. The maximum atomic E-state index is 11.6. The van der Waals surface area contributed by atoms with Gasteiger partial charge in [0.1, 0.15) is 0 Å². The molecule has 0 aromatic carbocycles. The number of unbranched alkanes of at least 4 members (excludes halogenated alkanes) is 1. The Hall–Kier alpha value is -2.38. The van der Waals surface area contributed by atoms with Gasteiger partial charge in [-0.2, -0.15) is 4.98 Å². The number of carbonyl (C=O) groups is 2. The second-order valence-corrected chi connectivity index (χ2v) is 5.06. The van der Waals surface area contributed by atoms with E-state index in [9.17, 15) is 9.59 Å². The molecule has 8 nitrogen and oxygen atoms in total. The van der Waals surface area contributed by atoms with Gasteiger partial charge in [-0.15, -0.1) is 0 Å². The number of carbonyl (C=O) groups excluding carboxylic acids is 2. The van der Waals surface area contributed by atoms with E-state index in [2.05, 4.69) is 27.5 Å². The summed E-state index contributed by atoms with van der Waals surface area (Å²) in [6, 6.07) is -0.142. The monoisotopic (exact) mass is 324 g/mol. The van der Waals surface area contributed by atoms with Crippen LogP contribution in [0.3, 0.4) is 0 Å². The molecule has 1 atom stereocenters. The third kappa shape index (κ3) is 6.50. The number of anilines is 2. The summed E-state index contributed by atoms with van der Waals surface area (Å²) in [6.45, 7) is 3.46. The molecule has 0 saturated carbocycles. The van der Waals surface area contributed by atoms with Crippen molar-refractivity contribution in [2.45, 2.75) is 45.6 Å². The minimum absolute atomic E-state index is 0.142. The zero-order valence-electron chi connectivity index (χ0n) is 14.0. The Bertz CT molecular complexity index is 536. The topological polar surface area (TPSA) is 102 Å². The fraction of sp³-hybridized carbons (Fsp3) is 0.600. The van der Waals surface area contributed by atoms with Crippen LogP contribution in [0.25, 0.3) is 0 Å². The summed E-state index contributed by atoms with van der Waals surface area (Å²) in [7, 11) is 2.86. The Morgan fingerprint density at radius 3 is 2.65 bits per heavy atom. The lowest BCUT2D eigenvalue weighted by Gasteiger charge is -2.19. The summed E-state index contributed by atoms with van der Waals surface area (Å²) >= 11 is 0. The second kappa shape index (κ2) is 9.60. The average molecular weight is 324 g/mol. The van der Waals surface area contributed by atoms with Gasteiger partial charge in [0.15, 0.2) is 11.6 Å². The number of ether oxygens (including phenoxy) is 2. The quantitative estimate of drug-likeness (QED) is 0.669. The van der Waals surface area contributed by atoms with E-state index in [-0.39, 0.29) is 30.3 Å². The van der Waals surface area contributed by atoms with Crippen LogP contribution in [0.5, 0.6) is 5.75 Å². The molecule has 1 heterocycles. The summed E-state index contributed by atoms with van der Waals surface area (Å²) in [6.07, 6.45) is 4.45. The van der Waals surface area contributed by atoms with Crippen molar-refractivity contribution >= 4 is 23.6 Å². The molecule has 0 aliphatic heterocycles. The van der Waals surface area contributed by atoms with Crippen LogP contribution in [0.1, 0.15) is 39.5 Å². The van der Waals surface area contributed by atoms with E-state index >= 15 is 0 Å². The molecule has 1 rings (SSSR count). The van der Waals surface area contributed by atoms with Gasteiger partial charge in [0, 0.05) is 13.0 Å². The Morgan fingerprint density at radius 1 is 1.35 bits per heavy atom. The smallest absolute Gasteiger partial charge is 0.307 e. The number of rotatable bonds is 9. The van der Waals surface area contributed by atoms with E-state index in [1.165, 1.54) is 27.3 Å². The Labute approximate surface area is 136 Å². The van der Waals surface area contributed by atoms with Crippen molar-refractivity contribution in [3.8, 4) is 5.75 Å². The maximum Gasteiger partial charge on any atom is 0.307 e. The molecule has 1 aromatic rings. The molecule has 0 aliphatic carbocycles. The predicted octanol–water partition coefficient (Wildman–Crippen LogP) is 1.98. The van der Waals surface area contributed by atoms with Crippen LogP contribution in [-0.4, -0.2) is 42.1 Å². The Balaban J connectivity index is 2.94. The molecule has 23 heavy (non-hydrogen) atoms. The van der Waals surface area contributed by atoms with E-state index in [0.29, 0.717) is 11.6 Å². The fourth-order valence-corrected chi connectivity index (χ4v) is 1.99. The van der Waals surface area contributed by atoms with Gasteiger partial charge in [-0.25, -0.2) is 4.98 Å². The van der Waals surface area contributed by atoms with Crippen LogP contribution < -0.4 is 15.4 Å². The first-order valence-corrected chi connectivity index (χ1v) is 7.52. The van der Waals surface area contributed by atoms with Crippen molar-refractivity contribution < 1.29 is 19.1 Å². The summed E-state index contributed by atoms with van der Waals surface area (Å²) < 4.78 is 9.96. The molecule has 0 spiro atoms. The summed E-state index contributed by atoms with van der Waals surface area (Å²) in [5.41, 5.74) is 0. The molecule has 1 amide bonds. The SMILES string of the molecule is CCCC[C@@H](CC(=O)OC)Nc1nc(NC(C)=O)ncc1OC. The van der Waals surface area contributed by atoms with E-state index in [1.54, 1.807) is 0 Å². The van der Waals surface area contributed by atoms with Crippen LogP contribution in [0.4, 0.5) is 11.8 Å². The van der Waals surface area contributed by atoms with Gasteiger partial charge in [0.2, 0.25) is 11.9 Å². The third-order valence-corrected chi connectivity index (χ3v) is 3.15. The second-order valence-electron chi connectivity index (χ2n) is 5.06. The standard InChI is InChI=1S/C15H24N4O4/c1-5-6-7-11(8-13(21)23-4)18-14-12(22-3)9-16-15(19-14)17-10(2)20/h9,11H,5-8H2,1-4H3,(H2,16,17,18,19,20)/t11-/m0/s1. The highest BCUT2D eigenvalue weighted by atomic mass is 16.5. The molecule has 0 fully saturated rings. The van der Waals surface area contributed by atoms with Crippen LogP contribution in [0.2, 0.25) is 0 Å². The fourth-order valence-electron chi connectivity index (χ4n) is 1.99. The van der Waals surface area contributed by atoms with Crippen molar-refractivity contribution in [2.24, 2.45) is 0 Å². The highest BCUT2D eigenvalue weighted by Crippen LogP contribution is 2.24. The molecule has 8 heteroatoms. The van der Waals surface area contributed by atoms with Crippen molar-refractivity contribution in [3.63, 3.8) is 0 Å². The van der Waals surface area contributed by atoms with Crippen molar-refractivity contribution in [2.75, 3.05) is 24.9 Å². The molecule has 0 saturated heterocycles. The number of amides is 1. The zero-order valence-corrected chi connectivity index (χ0v) is 14.0. The van der Waals surface area contributed by atoms with Gasteiger partial charge in [0.05, 0.1) is 26.8 Å². The number of esters is 1. The lowest BCUT2D eigenvalue weighted by Crippen LogP contribution is -2.25. The first-order valence-electron chi connectivity index (χ1n) is 7.52. The minimum atomic E-state index is -0.297. The van der Waals surface area contributed by atoms with Gasteiger partial charge in [-0.3, -0.25) is 14.9 Å². The number of aromatic nitrogens is 2. The van der Waals surface area contributed by atoms with Gasteiger partial charge < -0.3 is 14.8 Å². The van der Waals surface area contributed by atoms with Gasteiger partial charge in [-0.1, -0.05) is 19.8 Å². The highest BCUT2D eigenvalue weighted by Gasteiger charge is 2.17. The largest absolute Gasteiger partial charge is 0.491 e. The third-order valence-electron chi connectivity index (χ3n) is 3.15.